The van der Waals surface area contributed by atoms with Crippen LogP contribution >= 0.6 is 0 Å². The normalized spacial score (nSPS) is 10.1. The first-order chi connectivity index (χ1) is 8.74. The van der Waals surface area contributed by atoms with Gasteiger partial charge in [-0.1, -0.05) is 12.1 Å². The molecule has 1 amide bonds. The maximum atomic E-state index is 11.5. The third-order valence-corrected chi connectivity index (χ3v) is 2.71. The van der Waals surface area contributed by atoms with E-state index in [0.29, 0.717) is 12.2 Å². The summed E-state index contributed by atoms with van der Waals surface area (Å²) >= 11 is 0. The van der Waals surface area contributed by atoms with E-state index in [1.807, 2.05) is 41.1 Å². The summed E-state index contributed by atoms with van der Waals surface area (Å²) in [5, 5.41) is 0. The highest BCUT2D eigenvalue weighted by Gasteiger charge is 2.09. The molecule has 2 rings (SSSR count). The first kappa shape index (κ1) is 12.2. The molecular formula is C13H15N3O2. The molecule has 0 saturated heterocycles. The zero-order valence-corrected chi connectivity index (χ0v) is 10.1. The van der Waals surface area contributed by atoms with Gasteiger partial charge in [-0.25, -0.2) is 5.84 Å². The van der Waals surface area contributed by atoms with E-state index in [1.165, 1.54) is 0 Å². The van der Waals surface area contributed by atoms with Crippen molar-refractivity contribution >= 4 is 5.91 Å². The maximum Gasteiger partial charge on any atom is 0.281 e. The van der Waals surface area contributed by atoms with E-state index in [9.17, 15) is 4.79 Å². The summed E-state index contributed by atoms with van der Waals surface area (Å²) in [7, 11) is 1.63. The first-order valence-corrected chi connectivity index (χ1v) is 5.53. The molecule has 0 saturated carbocycles. The van der Waals surface area contributed by atoms with Crippen LogP contribution in [0.5, 0.6) is 5.75 Å². The summed E-state index contributed by atoms with van der Waals surface area (Å²) in [6.07, 6.45) is 1.84. The van der Waals surface area contributed by atoms with Gasteiger partial charge >= 0.3 is 0 Å². The van der Waals surface area contributed by atoms with E-state index in [1.54, 1.807) is 13.2 Å². The Labute approximate surface area is 105 Å². The molecule has 0 radical (unpaired) electrons. The molecule has 0 spiro atoms. The average molecular weight is 245 g/mol. The van der Waals surface area contributed by atoms with Crippen LogP contribution in [0.25, 0.3) is 0 Å². The van der Waals surface area contributed by atoms with E-state index in [4.69, 9.17) is 10.6 Å². The lowest BCUT2D eigenvalue weighted by Gasteiger charge is -2.08. The molecule has 5 heteroatoms. The summed E-state index contributed by atoms with van der Waals surface area (Å²) in [5.41, 5.74) is 3.75. The second-order valence-electron chi connectivity index (χ2n) is 3.84. The van der Waals surface area contributed by atoms with Crippen LogP contribution in [-0.4, -0.2) is 17.6 Å². The van der Waals surface area contributed by atoms with Crippen LogP contribution in [0.3, 0.4) is 0 Å². The molecule has 3 N–H and O–H groups in total. The lowest BCUT2D eigenvalue weighted by Crippen LogP contribution is -2.31. The van der Waals surface area contributed by atoms with E-state index >= 15 is 0 Å². The maximum absolute atomic E-state index is 11.5. The van der Waals surface area contributed by atoms with E-state index in [0.717, 1.165) is 11.3 Å². The standard InChI is InChI=1S/C13H15N3O2/c1-18-11-6-4-10(5-7-11)9-16-8-2-3-12(16)13(17)15-14/h2-8H,9,14H2,1H3,(H,15,17). The van der Waals surface area contributed by atoms with Gasteiger partial charge in [0.15, 0.2) is 0 Å². The van der Waals surface area contributed by atoms with Crippen molar-refractivity contribution in [3.8, 4) is 5.75 Å². The highest BCUT2D eigenvalue weighted by molar-refractivity contribution is 5.92. The highest BCUT2D eigenvalue weighted by atomic mass is 16.5. The van der Waals surface area contributed by atoms with Gasteiger partial charge < -0.3 is 9.30 Å². The van der Waals surface area contributed by atoms with Gasteiger partial charge in [-0.3, -0.25) is 10.2 Å². The quantitative estimate of drug-likeness (QED) is 0.482. The van der Waals surface area contributed by atoms with Crippen LogP contribution in [-0.2, 0) is 6.54 Å². The summed E-state index contributed by atoms with van der Waals surface area (Å²) in [6.45, 7) is 0.611. The van der Waals surface area contributed by atoms with Crippen LogP contribution in [0.4, 0.5) is 0 Å². The number of methoxy groups -OCH3 is 1. The Morgan fingerprint density at radius 1 is 1.33 bits per heavy atom. The van der Waals surface area contributed by atoms with Crippen molar-refractivity contribution in [2.24, 2.45) is 5.84 Å². The SMILES string of the molecule is COc1ccc(Cn2cccc2C(=O)NN)cc1. The number of nitrogens with two attached hydrogens (primary N) is 1. The lowest BCUT2D eigenvalue weighted by molar-refractivity contribution is 0.0945. The van der Waals surface area contributed by atoms with Crippen LogP contribution in [0.1, 0.15) is 16.1 Å². The molecular weight excluding hydrogens is 230 g/mol. The van der Waals surface area contributed by atoms with Crippen molar-refractivity contribution in [3.63, 3.8) is 0 Å². The van der Waals surface area contributed by atoms with Crippen LogP contribution < -0.4 is 16.0 Å². The number of hydrogen-bond donors (Lipinski definition) is 2. The van der Waals surface area contributed by atoms with Gasteiger partial charge in [0.05, 0.1) is 7.11 Å². The molecule has 1 aromatic heterocycles. The van der Waals surface area contributed by atoms with Gasteiger partial charge in [0.25, 0.3) is 5.91 Å². The van der Waals surface area contributed by atoms with Gasteiger partial charge in [-0.15, -0.1) is 0 Å². The topological polar surface area (TPSA) is 69.3 Å². The summed E-state index contributed by atoms with van der Waals surface area (Å²) in [6, 6.07) is 11.2. The van der Waals surface area contributed by atoms with Crippen LogP contribution in [0, 0.1) is 0 Å². The number of nitrogens with one attached hydrogen (secondary N) is 1. The smallest absolute Gasteiger partial charge is 0.281 e. The van der Waals surface area contributed by atoms with Crippen molar-refractivity contribution in [2.45, 2.75) is 6.54 Å². The number of carbonyl (C=O) groups is 1. The average Bonchev–Trinajstić information content (AvgIpc) is 2.87. The molecule has 18 heavy (non-hydrogen) atoms. The number of carbonyl (C=O) groups excluding carboxylic acids is 1. The van der Waals surface area contributed by atoms with Gasteiger partial charge in [0.2, 0.25) is 0 Å². The Balaban J connectivity index is 2.18. The number of ether oxygens (including phenoxy) is 1. The molecule has 2 aromatic rings. The molecule has 0 unspecified atom stereocenters. The minimum absolute atomic E-state index is 0.298. The predicted octanol–water partition coefficient (Wildman–Crippen LogP) is 1.15. The largest absolute Gasteiger partial charge is 0.497 e. The number of hydrazine groups is 1. The van der Waals surface area contributed by atoms with Crippen molar-refractivity contribution in [2.75, 3.05) is 7.11 Å². The van der Waals surface area contributed by atoms with Gasteiger partial charge in [-0.05, 0) is 29.8 Å². The Morgan fingerprint density at radius 2 is 2.06 bits per heavy atom. The Hall–Kier alpha value is -2.27. The molecule has 0 bridgehead atoms. The van der Waals surface area contributed by atoms with Gasteiger partial charge in [-0.2, -0.15) is 0 Å². The number of amides is 1. The fourth-order valence-electron chi connectivity index (χ4n) is 1.76. The molecule has 0 aliphatic rings. The molecule has 0 fully saturated rings. The minimum atomic E-state index is -0.298. The molecule has 0 aliphatic heterocycles. The fraction of sp³-hybridized carbons (Fsp3) is 0.154. The Morgan fingerprint density at radius 3 is 2.67 bits per heavy atom. The second kappa shape index (κ2) is 5.37. The monoisotopic (exact) mass is 245 g/mol. The number of aromatic nitrogens is 1. The summed E-state index contributed by atoms with van der Waals surface area (Å²) in [5.74, 6) is 5.65. The third-order valence-electron chi connectivity index (χ3n) is 2.71. The van der Waals surface area contributed by atoms with Crippen LogP contribution in [0.15, 0.2) is 42.6 Å². The summed E-state index contributed by atoms with van der Waals surface area (Å²) < 4.78 is 6.93. The van der Waals surface area contributed by atoms with Crippen LogP contribution in [0.2, 0.25) is 0 Å². The molecule has 1 aromatic carbocycles. The Bertz CT molecular complexity index is 531. The lowest BCUT2D eigenvalue weighted by atomic mass is 10.2. The van der Waals surface area contributed by atoms with Crippen molar-refractivity contribution < 1.29 is 9.53 Å². The van der Waals surface area contributed by atoms with Crippen molar-refractivity contribution in [3.05, 3.63) is 53.9 Å². The second-order valence-corrected chi connectivity index (χ2v) is 3.84. The summed E-state index contributed by atoms with van der Waals surface area (Å²) in [4.78, 5) is 11.5. The number of rotatable bonds is 4. The van der Waals surface area contributed by atoms with E-state index in [-0.39, 0.29) is 5.91 Å². The highest BCUT2D eigenvalue weighted by Crippen LogP contribution is 2.13. The molecule has 1 heterocycles. The van der Waals surface area contributed by atoms with Crippen molar-refractivity contribution in [1.82, 2.24) is 9.99 Å². The van der Waals surface area contributed by atoms with E-state index in [2.05, 4.69) is 5.43 Å². The number of hydrogen-bond acceptors (Lipinski definition) is 3. The van der Waals surface area contributed by atoms with Crippen molar-refractivity contribution in [1.29, 1.82) is 0 Å². The predicted molar refractivity (Wildman–Crippen MR) is 68.2 cm³/mol. The molecule has 0 aliphatic carbocycles. The third kappa shape index (κ3) is 2.52. The fourth-order valence-corrected chi connectivity index (χ4v) is 1.76. The Kier molecular flexibility index (Phi) is 3.64. The number of benzene rings is 1. The minimum Gasteiger partial charge on any atom is -0.497 e. The number of nitrogen functional groups attached to an aromatic ring is 1. The van der Waals surface area contributed by atoms with Gasteiger partial charge in [0, 0.05) is 12.7 Å². The molecule has 5 nitrogen and oxygen atoms in total. The molecule has 0 atom stereocenters. The zero-order valence-electron chi connectivity index (χ0n) is 10.1. The number of nitrogens with zero attached hydrogens (tertiary/aromatic N) is 1. The van der Waals surface area contributed by atoms with E-state index < -0.39 is 0 Å². The first-order valence-electron chi connectivity index (χ1n) is 5.53. The van der Waals surface area contributed by atoms with Gasteiger partial charge in [0.1, 0.15) is 11.4 Å². The zero-order chi connectivity index (χ0) is 13.0. The molecule has 94 valence electrons.